The Morgan fingerprint density at radius 2 is 1.78 bits per heavy atom. The molecular formula is C23H25N3O4S2. The average Bonchev–Trinajstić information content (AvgIpc) is 3.35. The highest BCUT2D eigenvalue weighted by Crippen LogP contribution is 2.21. The van der Waals surface area contributed by atoms with Gasteiger partial charge in [-0.25, -0.2) is 8.42 Å². The molecule has 1 aliphatic heterocycles. The average molecular weight is 472 g/mol. The van der Waals surface area contributed by atoms with E-state index >= 15 is 0 Å². The van der Waals surface area contributed by atoms with E-state index in [1.807, 2.05) is 24.3 Å². The maximum atomic E-state index is 12.7. The Balaban J connectivity index is 1.35. The molecule has 1 fully saturated rings. The van der Waals surface area contributed by atoms with E-state index in [1.165, 1.54) is 17.7 Å². The van der Waals surface area contributed by atoms with Gasteiger partial charge in [-0.3, -0.25) is 14.4 Å². The number of sulfonamides is 1. The molecule has 0 bridgehead atoms. The van der Waals surface area contributed by atoms with Crippen molar-refractivity contribution in [2.45, 2.75) is 10.6 Å². The van der Waals surface area contributed by atoms with Gasteiger partial charge in [-0.2, -0.15) is 0 Å². The maximum absolute atomic E-state index is 12.7. The van der Waals surface area contributed by atoms with Gasteiger partial charge in [0.15, 0.2) is 0 Å². The van der Waals surface area contributed by atoms with E-state index in [0.29, 0.717) is 16.9 Å². The minimum absolute atomic E-state index is 0.223. The van der Waals surface area contributed by atoms with Gasteiger partial charge in [-0.1, -0.05) is 24.3 Å². The zero-order chi connectivity index (χ0) is 22.4. The molecule has 4 rings (SSSR count). The minimum Gasteiger partial charge on any atom is -0.379 e. The third kappa shape index (κ3) is 5.95. The van der Waals surface area contributed by atoms with Crippen LogP contribution in [0.3, 0.4) is 0 Å². The van der Waals surface area contributed by atoms with Crippen molar-refractivity contribution in [2.24, 2.45) is 0 Å². The normalized spacial score (nSPS) is 14.8. The van der Waals surface area contributed by atoms with Crippen LogP contribution in [-0.4, -0.2) is 52.1 Å². The van der Waals surface area contributed by atoms with E-state index in [4.69, 9.17) is 4.74 Å². The Labute approximate surface area is 192 Å². The van der Waals surface area contributed by atoms with E-state index in [1.54, 1.807) is 29.6 Å². The van der Waals surface area contributed by atoms with E-state index in [2.05, 4.69) is 14.9 Å². The van der Waals surface area contributed by atoms with Crippen molar-refractivity contribution >= 4 is 38.6 Å². The molecule has 1 aromatic heterocycles. The molecule has 1 amide bonds. The molecule has 0 aliphatic carbocycles. The smallest absolute Gasteiger partial charge is 0.271 e. The lowest BCUT2D eigenvalue weighted by atomic mass is 10.1. The number of hydrogen-bond acceptors (Lipinski definition) is 6. The molecule has 3 aromatic rings. The minimum atomic E-state index is -3.66. The number of carbonyl (C=O) groups is 1. The fourth-order valence-corrected chi connectivity index (χ4v) is 5.46. The number of nitrogens with zero attached hydrogens (tertiary/aromatic N) is 1. The van der Waals surface area contributed by atoms with Gasteiger partial charge in [-0.05, 0) is 53.8 Å². The number of anilines is 2. The summed E-state index contributed by atoms with van der Waals surface area (Å²) in [5.41, 5.74) is 2.60. The number of carbonyl (C=O) groups excluding carboxylic acids is 1. The first kappa shape index (κ1) is 22.5. The van der Waals surface area contributed by atoms with Crippen LogP contribution in [-0.2, 0) is 21.2 Å². The van der Waals surface area contributed by atoms with Gasteiger partial charge in [0.2, 0.25) is 0 Å². The predicted octanol–water partition coefficient (Wildman–Crippen LogP) is 3.68. The van der Waals surface area contributed by atoms with Gasteiger partial charge in [0.25, 0.3) is 15.9 Å². The molecule has 1 aliphatic rings. The number of benzene rings is 2. The van der Waals surface area contributed by atoms with Crippen LogP contribution in [0.1, 0.15) is 15.9 Å². The Morgan fingerprint density at radius 3 is 2.50 bits per heavy atom. The molecule has 2 N–H and O–H groups in total. The van der Waals surface area contributed by atoms with Crippen molar-refractivity contribution in [3.05, 3.63) is 77.2 Å². The number of amides is 1. The quantitative estimate of drug-likeness (QED) is 0.523. The lowest BCUT2D eigenvalue weighted by Gasteiger charge is -2.26. The summed E-state index contributed by atoms with van der Waals surface area (Å²) in [5.74, 6) is -0.303. The number of hydrogen-bond donors (Lipinski definition) is 2. The molecule has 0 unspecified atom stereocenters. The molecule has 0 spiro atoms. The molecule has 7 nitrogen and oxygen atoms in total. The Kier molecular flexibility index (Phi) is 7.21. The standard InChI is InChI=1S/C23H25N3O4S2/c27-23(19-3-1-4-21(17-19)25-32(28,29)22-5-2-16-31-22)24-20-8-6-18(7-9-20)10-11-26-12-14-30-15-13-26/h1-9,16-17,25H,10-15H2,(H,24,27). The van der Waals surface area contributed by atoms with Gasteiger partial charge in [0, 0.05) is 36.6 Å². The van der Waals surface area contributed by atoms with E-state index in [0.717, 1.165) is 50.6 Å². The summed E-state index contributed by atoms with van der Waals surface area (Å²) in [6, 6.07) is 17.5. The van der Waals surface area contributed by atoms with Crippen LogP contribution in [0.5, 0.6) is 0 Å². The summed E-state index contributed by atoms with van der Waals surface area (Å²) < 4.78 is 32.9. The number of morpholine rings is 1. The highest BCUT2D eigenvalue weighted by atomic mass is 32.2. The number of thiophene rings is 1. The second kappa shape index (κ2) is 10.3. The first-order valence-corrected chi connectivity index (χ1v) is 12.7. The topological polar surface area (TPSA) is 87.7 Å². The highest BCUT2D eigenvalue weighted by molar-refractivity contribution is 7.94. The zero-order valence-electron chi connectivity index (χ0n) is 17.5. The lowest BCUT2D eigenvalue weighted by molar-refractivity contribution is 0.0384. The second-order valence-electron chi connectivity index (χ2n) is 7.47. The number of ether oxygens (including phenoxy) is 1. The van der Waals surface area contributed by atoms with Gasteiger partial charge in [-0.15, -0.1) is 11.3 Å². The zero-order valence-corrected chi connectivity index (χ0v) is 19.1. The van der Waals surface area contributed by atoms with Crippen LogP contribution in [0.2, 0.25) is 0 Å². The van der Waals surface area contributed by atoms with Crippen LogP contribution in [0.15, 0.2) is 70.3 Å². The predicted molar refractivity (Wildman–Crippen MR) is 127 cm³/mol. The highest BCUT2D eigenvalue weighted by Gasteiger charge is 2.16. The molecule has 32 heavy (non-hydrogen) atoms. The Bertz CT molecular complexity index is 1140. The van der Waals surface area contributed by atoms with Crippen LogP contribution in [0, 0.1) is 0 Å². The lowest BCUT2D eigenvalue weighted by Crippen LogP contribution is -2.37. The molecule has 168 valence electrons. The van der Waals surface area contributed by atoms with Gasteiger partial charge >= 0.3 is 0 Å². The first-order valence-electron chi connectivity index (χ1n) is 10.4. The fourth-order valence-electron chi connectivity index (χ4n) is 3.42. The first-order chi connectivity index (χ1) is 15.5. The molecule has 0 radical (unpaired) electrons. The monoisotopic (exact) mass is 471 g/mol. The molecule has 2 aromatic carbocycles. The number of nitrogens with one attached hydrogen (secondary N) is 2. The van der Waals surface area contributed by atoms with E-state index in [9.17, 15) is 13.2 Å². The molecule has 0 atom stereocenters. The third-order valence-corrected chi connectivity index (χ3v) is 7.95. The van der Waals surface area contributed by atoms with Crippen molar-refractivity contribution in [1.29, 1.82) is 0 Å². The Hall–Kier alpha value is -2.72. The maximum Gasteiger partial charge on any atom is 0.271 e. The van der Waals surface area contributed by atoms with E-state index < -0.39 is 10.0 Å². The van der Waals surface area contributed by atoms with Crippen LogP contribution in [0.4, 0.5) is 11.4 Å². The second-order valence-corrected chi connectivity index (χ2v) is 10.3. The molecule has 9 heteroatoms. The van der Waals surface area contributed by atoms with Crippen molar-refractivity contribution < 1.29 is 17.9 Å². The van der Waals surface area contributed by atoms with Gasteiger partial charge in [0.05, 0.1) is 13.2 Å². The van der Waals surface area contributed by atoms with Gasteiger partial charge in [0.1, 0.15) is 4.21 Å². The van der Waals surface area contributed by atoms with Crippen molar-refractivity contribution in [2.75, 3.05) is 42.9 Å². The summed E-state index contributed by atoms with van der Waals surface area (Å²) >= 11 is 1.14. The Morgan fingerprint density at radius 1 is 1.00 bits per heavy atom. The third-order valence-electron chi connectivity index (χ3n) is 5.17. The van der Waals surface area contributed by atoms with Crippen LogP contribution >= 0.6 is 11.3 Å². The molecule has 2 heterocycles. The molecule has 0 saturated carbocycles. The summed E-state index contributed by atoms with van der Waals surface area (Å²) in [5, 5.41) is 4.57. The SMILES string of the molecule is O=C(Nc1ccc(CCN2CCOCC2)cc1)c1cccc(NS(=O)(=O)c2cccs2)c1. The summed E-state index contributed by atoms with van der Waals surface area (Å²) in [7, 11) is -3.66. The van der Waals surface area contributed by atoms with Crippen LogP contribution < -0.4 is 10.0 Å². The molecular weight excluding hydrogens is 446 g/mol. The summed E-state index contributed by atoms with van der Waals surface area (Å²) in [4.78, 5) is 15.1. The largest absolute Gasteiger partial charge is 0.379 e. The van der Waals surface area contributed by atoms with Crippen LogP contribution in [0.25, 0.3) is 0 Å². The van der Waals surface area contributed by atoms with Crippen molar-refractivity contribution in [3.8, 4) is 0 Å². The van der Waals surface area contributed by atoms with Gasteiger partial charge < -0.3 is 10.1 Å². The molecule has 1 saturated heterocycles. The number of rotatable bonds is 8. The van der Waals surface area contributed by atoms with E-state index in [-0.39, 0.29) is 10.1 Å². The summed E-state index contributed by atoms with van der Waals surface area (Å²) in [6.45, 7) is 4.51. The fraction of sp³-hybridized carbons (Fsp3) is 0.261. The van der Waals surface area contributed by atoms with Crippen molar-refractivity contribution in [1.82, 2.24) is 4.90 Å². The summed E-state index contributed by atoms with van der Waals surface area (Å²) in [6.07, 6.45) is 0.945. The van der Waals surface area contributed by atoms with Crippen molar-refractivity contribution in [3.63, 3.8) is 0 Å².